The highest BCUT2D eigenvalue weighted by Crippen LogP contribution is 2.34. The SMILES string of the molecule is CCCCC(C)(CC)C(CC)NI. The van der Waals surface area contributed by atoms with Crippen LogP contribution in [0.2, 0.25) is 0 Å². The van der Waals surface area contributed by atoms with Crippen LogP contribution in [0.4, 0.5) is 0 Å². The maximum Gasteiger partial charge on any atom is 0.0214 e. The first-order chi connectivity index (χ1) is 6.14. The maximum absolute atomic E-state index is 3.42. The number of unbranched alkanes of at least 4 members (excludes halogenated alkanes) is 1. The van der Waals surface area contributed by atoms with Gasteiger partial charge in [-0.1, -0.05) is 40.5 Å². The lowest BCUT2D eigenvalue weighted by Gasteiger charge is -2.36. The van der Waals surface area contributed by atoms with E-state index in [2.05, 4.69) is 54.1 Å². The first kappa shape index (κ1) is 13.7. The number of rotatable bonds is 7. The summed E-state index contributed by atoms with van der Waals surface area (Å²) in [5.41, 5.74) is 0.492. The Labute approximate surface area is 97.6 Å². The maximum atomic E-state index is 3.42. The standard InChI is InChI=1S/C11H24IN/c1-5-8-9-11(4,7-3)10(6-2)13-12/h10,13H,5-9H2,1-4H3. The topological polar surface area (TPSA) is 12.0 Å². The molecule has 0 radical (unpaired) electrons. The minimum Gasteiger partial charge on any atom is -0.257 e. The number of halogens is 1. The third-order valence-corrected chi connectivity index (χ3v) is 4.04. The van der Waals surface area contributed by atoms with E-state index in [-0.39, 0.29) is 0 Å². The lowest BCUT2D eigenvalue weighted by molar-refractivity contribution is 0.204. The van der Waals surface area contributed by atoms with Gasteiger partial charge in [0.05, 0.1) is 0 Å². The van der Waals surface area contributed by atoms with Gasteiger partial charge in [-0.15, -0.1) is 0 Å². The summed E-state index contributed by atoms with van der Waals surface area (Å²) in [5, 5.41) is 0. The molecule has 0 aliphatic rings. The molecule has 0 rings (SSSR count). The molecule has 0 fully saturated rings. The molecular weight excluding hydrogens is 273 g/mol. The van der Waals surface area contributed by atoms with Crippen molar-refractivity contribution >= 4 is 22.9 Å². The molecule has 0 heterocycles. The van der Waals surface area contributed by atoms with Crippen molar-refractivity contribution in [3.05, 3.63) is 0 Å². The summed E-state index contributed by atoms with van der Waals surface area (Å²) in [4.78, 5) is 0. The molecule has 0 saturated heterocycles. The van der Waals surface area contributed by atoms with Crippen LogP contribution in [0.15, 0.2) is 0 Å². The summed E-state index contributed by atoms with van der Waals surface area (Å²) < 4.78 is 3.42. The summed E-state index contributed by atoms with van der Waals surface area (Å²) in [5.74, 6) is 0. The second-order valence-electron chi connectivity index (χ2n) is 4.18. The average Bonchev–Trinajstić information content (AvgIpc) is 2.16. The second-order valence-corrected chi connectivity index (χ2v) is 4.80. The summed E-state index contributed by atoms with van der Waals surface area (Å²) >= 11 is 2.30. The van der Waals surface area contributed by atoms with Crippen LogP contribution in [-0.4, -0.2) is 6.04 Å². The Balaban J connectivity index is 4.21. The lowest BCUT2D eigenvalue weighted by Crippen LogP contribution is -2.38. The van der Waals surface area contributed by atoms with Gasteiger partial charge in [-0.2, -0.15) is 0 Å². The van der Waals surface area contributed by atoms with Gasteiger partial charge in [-0.05, 0) is 24.7 Å². The highest BCUT2D eigenvalue weighted by molar-refractivity contribution is 14.1. The van der Waals surface area contributed by atoms with E-state index in [1.165, 1.54) is 32.1 Å². The molecule has 0 saturated carbocycles. The first-order valence-electron chi connectivity index (χ1n) is 5.50. The predicted molar refractivity (Wildman–Crippen MR) is 69.2 cm³/mol. The first-order valence-corrected chi connectivity index (χ1v) is 6.58. The van der Waals surface area contributed by atoms with E-state index >= 15 is 0 Å². The van der Waals surface area contributed by atoms with Crippen LogP contribution in [0.1, 0.15) is 59.8 Å². The molecule has 1 N–H and O–H groups in total. The molecule has 1 nitrogen and oxygen atoms in total. The van der Waals surface area contributed by atoms with Crippen LogP contribution in [-0.2, 0) is 0 Å². The zero-order chi connectivity index (χ0) is 10.3. The quantitative estimate of drug-likeness (QED) is 0.545. The number of nitrogens with one attached hydrogen (secondary N) is 1. The highest BCUT2D eigenvalue weighted by Gasteiger charge is 2.29. The van der Waals surface area contributed by atoms with Crippen molar-refractivity contribution in [2.24, 2.45) is 5.41 Å². The Morgan fingerprint density at radius 2 is 1.92 bits per heavy atom. The molecule has 0 aliphatic carbocycles. The smallest absolute Gasteiger partial charge is 0.0214 e. The van der Waals surface area contributed by atoms with Gasteiger partial charge in [0.1, 0.15) is 0 Å². The largest absolute Gasteiger partial charge is 0.257 e. The second kappa shape index (κ2) is 7.04. The van der Waals surface area contributed by atoms with Crippen molar-refractivity contribution in [1.82, 2.24) is 3.53 Å². The van der Waals surface area contributed by atoms with Crippen molar-refractivity contribution in [1.29, 1.82) is 0 Å². The molecule has 2 atom stereocenters. The van der Waals surface area contributed by atoms with Crippen LogP contribution < -0.4 is 3.53 Å². The average molecular weight is 297 g/mol. The van der Waals surface area contributed by atoms with Gasteiger partial charge < -0.3 is 0 Å². The highest BCUT2D eigenvalue weighted by atomic mass is 127. The monoisotopic (exact) mass is 297 g/mol. The Morgan fingerprint density at radius 3 is 2.23 bits per heavy atom. The van der Waals surface area contributed by atoms with Crippen molar-refractivity contribution in [3.63, 3.8) is 0 Å². The molecule has 2 heteroatoms. The molecule has 0 aromatic carbocycles. The van der Waals surface area contributed by atoms with Crippen LogP contribution >= 0.6 is 22.9 Å². The van der Waals surface area contributed by atoms with Gasteiger partial charge in [0.15, 0.2) is 0 Å². The van der Waals surface area contributed by atoms with Crippen LogP contribution in [0.3, 0.4) is 0 Å². The molecule has 0 aliphatic heterocycles. The zero-order valence-corrected chi connectivity index (χ0v) is 11.6. The van der Waals surface area contributed by atoms with E-state index in [1.54, 1.807) is 0 Å². The summed E-state index contributed by atoms with van der Waals surface area (Å²) in [7, 11) is 0. The van der Waals surface area contributed by atoms with Gasteiger partial charge in [0.25, 0.3) is 0 Å². The Kier molecular flexibility index (Phi) is 7.42. The third kappa shape index (κ3) is 4.15. The van der Waals surface area contributed by atoms with Crippen molar-refractivity contribution < 1.29 is 0 Å². The molecular formula is C11H24IN. The molecule has 13 heavy (non-hydrogen) atoms. The Hall–Kier alpha value is 0.690. The third-order valence-electron chi connectivity index (χ3n) is 3.29. The fourth-order valence-corrected chi connectivity index (χ4v) is 3.07. The minimum absolute atomic E-state index is 0.492. The van der Waals surface area contributed by atoms with E-state index in [0.717, 1.165) is 0 Å². The summed E-state index contributed by atoms with van der Waals surface area (Å²) in [6, 6.07) is 0.671. The molecule has 0 bridgehead atoms. The predicted octanol–water partition coefficient (Wildman–Crippen LogP) is 4.31. The molecule has 80 valence electrons. The van der Waals surface area contributed by atoms with Gasteiger partial charge in [0.2, 0.25) is 0 Å². The van der Waals surface area contributed by atoms with Crippen molar-refractivity contribution in [2.75, 3.05) is 0 Å². The molecule has 0 spiro atoms. The minimum atomic E-state index is 0.492. The van der Waals surface area contributed by atoms with E-state index in [9.17, 15) is 0 Å². The van der Waals surface area contributed by atoms with Gasteiger partial charge in [0, 0.05) is 28.9 Å². The molecule has 0 amide bonds. The van der Waals surface area contributed by atoms with Gasteiger partial charge >= 0.3 is 0 Å². The van der Waals surface area contributed by atoms with Crippen molar-refractivity contribution in [3.8, 4) is 0 Å². The number of hydrogen-bond donors (Lipinski definition) is 1. The van der Waals surface area contributed by atoms with Gasteiger partial charge in [-0.3, -0.25) is 3.53 Å². The Bertz CT molecular complexity index is 123. The fourth-order valence-electron chi connectivity index (χ4n) is 1.88. The molecule has 0 aromatic heterocycles. The zero-order valence-electron chi connectivity index (χ0n) is 9.49. The molecule has 0 aromatic rings. The van der Waals surface area contributed by atoms with E-state index < -0.39 is 0 Å². The van der Waals surface area contributed by atoms with Crippen LogP contribution in [0.25, 0.3) is 0 Å². The van der Waals surface area contributed by atoms with Crippen molar-refractivity contribution in [2.45, 2.75) is 65.8 Å². The summed E-state index contributed by atoms with van der Waals surface area (Å²) in [6.45, 7) is 9.28. The van der Waals surface area contributed by atoms with E-state index in [0.29, 0.717) is 11.5 Å². The van der Waals surface area contributed by atoms with E-state index in [4.69, 9.17) is 0 Å². The Morgan fingerprint density at radius 1 is 1.31 bits per heavy atom. The van der Waals surface area contributed by atoms with Gasteiger partial charge in [-0.25, -0.2) is 0 Å². The van der Waals surface area contributed by atoms with E-state index in [1.807, 2.05) is 0 Å². The van der Waals surface area contributed by atoms with Crippen LogP contribution in [0.5, 0.6) is 0 Å². The normalized spacial score (nSPS) is 18.2. The molecule has 2 unspecified atom stereocenters. The lowest BCUT2D eigenvalue weighted by atomic mass is 9.75. The fraction of sp³-hybridized carbons (Fsp3) is 1.00. The van der Waals surface area contributed by atoms with Crippen LogP contribution in [0, 0.1) is 5.41 Å². The number of hydrogen-bond acceptors (Lipinski definition) is 1. The summed E-state index contributed by atoms with van der Waals surface area (Å²) in [6.07, 6.45) is 6.54.